The molecule has 9 nitrogen and oxygen atoms in total. The number of carbonyl (C=O) groups excluding carboxylic acids is 2. The van der Waals surface area contributed by atoms with Gasteiger partial charge in [-0.25, -0.2) is 8.42 Å². The van der Waals surface area contributed by atoms with Gasteiger partial charge in [-0.1, -0.05) is 0 Å². The van der Waals surface area contributed by atoms with E-state index in [1.54, 1.807) is 56.6 Å². The van der Waals surface area contributed by atoms with Crippen molar-refractivity contribution >= 4 is 50.1 Å². The summed E-state index contributed by atoms with van der Waals surface area (Å²) in [7, 11) is -0.113. The van der Waals surface area contributed by atoms with Crippen LogP contribution in [0.5, 0.6) is 5.75 Å². The van der Waals surface area contributed by atoms with Gasteiger partial charge in [-0.3, -0.25) is 9.59 Å². The van der Waals surface area contributed by atoms with Crippen molar-refractivity contribution in [2.75, 3.05) is 43.2 Å². The van der Waals surface area contributed by atoms with Crippen molar-refractivity contribution in [3.63, 3.8) is 0 Å². The summed E-state index contributed by atoms with van der Waals surface area (Å²) in [6.45, 7) is 0.288. The third kappa shape index (κ3) is 4.67. The topological polar surface area (TPSA) is 108 Å². The smallest absolute Gasteiger partial charge is 0.259 e. The van der Waals surface area contributed by atoms with E-state index in [-0.39, 0.29) is 24.2 Å². The first-order valence-corrected chi connectivity index (χ1v) is 11.8. The Morgan fingerprint density at radius 2 is 1.94 bits per heavy atom. The fraction of sp³-hybridized carbons (Fsp3) is 0.250. The molecule has 2 aromatic rings. The van der Waals surface area contributed by atoms with Crippen LogP contribution in [0.3, 0.4) is 0 Å². The summed E-state index contributed by atoms with van der Waals surface area (Å²) in [6, 6.07) is 12.0. The minimum absolute atomic E-state index is 0.0260. The highest BCUT2D eigenvalue weighted by molar-refractivity contribution is 8.15. The van der Waals surface area contributed by atoms with Crippen LogP contribution in [0.4, 0.5) is 11.4 Å². The van der Waals surface area contributed by atoms with Crippen molar-refractivity contribution in [2.45, 2.75) is 4.90 Å². The molecule has 31 heavy (non-hydrogen) atoms. The van der Waals surface area contributed by atoms with Crippen LogP contribution in [0.25, 0.3) is 0 Å². The number of hydrogen-bond donors (Lipinski definition) is 1. The minimum Gasteiger partial charge on any atom is -0.484 e. The van der Waals surface area contributed by atoms with Gasteiger partial charge in [0.25, 0.3) is 21.8 Å². The minimum atomic E-state index is -3.42. The SMILES string of the molecule is CN(C)C(=O)COc1ccc(NC(=O)c2ccc3c(c2)SC2=NS(=O)(=O)CCN23)cc1. The fourth-order valence-electron chi connectivity index (χ4n) is 2.98. The zero-order valence-electron chi connectivity index (χ0n) is 16.9. The third-order valence-corrected chi connectivity index (χ3v) is 7.01. The quantitative estimate of drug-likeness (QED) is 0.727. The first kappa shape index (κ1) is 21.2. The van der Waals surface area contributed by atoms with Crippen molar-refractivity contribution in [2.24, 2.45) is 4.40 Å². The zero-order chi connectivity index (χ0) is 22.2. The van der Waals surface area contributed by atoms with E-state index >= 15 is 0 Å². The molecule has 0 aliphatic carbocycles. The van der Waals surface area contributed by atoms with E-state index in [9.17, 15) is 18.0 Å². The predicted octanol–water partition coefficient (Wildman–Crippen LogP) is 2.02. The molecular formula is C20H20N4O5S2. The molecule has 4 rings (SSSR count). The number of anilines is 2. The number of thioether (sulfide) groups is 1. The largest absolute Gasteiger partial charge is 0.484 e. The van der Waals surface area contributed by atoms with E-state index in [0.29, 0.717) is 28.7 Å². The fourth-order valence-corrected chi connectivity index (χ4v) is 5.28. The first-order valence-electron chi connectivity index (χ1n) is 9.38. The van der Waals surface area contributed by atoms with Gasteiger partial charge in [-0.2, -0.15) is 0 Å². The Hall–Kier alpha value is -3.05. The van der Waals surface area contributed by atoms with Gasteiger partial charge in [-0.05, 0) is 54.2 Å². The number of amides is 2. The number of nitrogens with zero attached hydrogens (tertiary/aromatic N) is 3. The molecule has 0 unspecified atom stereocenters. The highest BCUT2D eigenvalue weighted by Crippen LogP contribution is 2.42. The summed E-state index contributed by atoms with van der Waals surface area (Å²) < 4.78 is 32.7. The maximum absolute atomic E-state index is 12.7. The van der Waals surface area contributed by atoms with E-state index in [2.05, 4.69) is 9.71 Å². The number of ether oxygens (including phenoxy) is 1. The van der Waals surface area contributed by atoms with Gasteiger partial charge in [0.15, 0.2) is 11.8 Å². The first-order chi connectivity index (χ1) is 14.7. The number of amidine groups is 1. The Bertz CT molecular complexity index is 1180. The van der Waals surface area contributed by atoms with Crippen LogP contribution in [0, 0.1) is 0 Å². The molecular weight excluding hydrogens is 440 g/mol. The number of nitrogens with one attached hydrogen (secondary N) is 1. The van der Waals surface area contributed by atoms with Crippen molar-refractivity contribution in [1.29, 1.82) is 0 Å². The molecule has 0 aromatic heterocycles. The van der Waals surface area contributed by atoms with Crippen LogP contribution < -0.4 is 15.0 Å². The molecule has 2 aromatic carbocycles. The Kier molecular flexibility index (Phi) is 5.63. The number of likely N-dealkylation sites (N-methyl/N-ethyl adjacent to an activating group) is 1. The van der Waals surface area contributed by atoms with Crippen LogP contribution in [-0.2, 0) is 14.8 Å². The Morgan fingerprint density at radius 3 is 2.65 bits per heavy atom. The highest BCUT2D eigenvalue weighted by Gasteiger charge is 2.33. The molecule has 0 saturated carbocycles. The van der Waals surface area contributed by atoms with Crippen LogP contribution in [0.2, 0.25) is 0 Å². The molecule has 0 fully saturated rings. The van der Waals surface area contributed by atoms with Gasteiger partial charge in [0.05, 0.1) is 11.4 Å². The summed E-state index contributed by atoms with van der Waals surface area (Å²) >= 11 is 1.24. The maximum Gasteiger partial charge on any atom is 0.259 e. The number of benzene rings is 2. The van der Waals surface area contributed by atoms with Crippen LogP contribution >= 0.6 is 11.8 Å². The van der Waals surface area contributed by atoms with Gasteiger partial charge < -0.3 is 19.9 Å². The number of carbonyl (C=O) groups is 2. The number of hydrogen-bond acceptors (Lipinski definition) is 7. The van der Waals surface area contributed by atoms with Gasteiger partial charge in [0.2, 0.25) is 0 Å². The molecule has 0 radical (unpaired) electrons. The normalized spacial score (nSPS) is 16.1. The molecule has 162 valence electrons. The molecule has 11 heteroatoms. The highest BCUT2D eigenvalue weighted by atomic mass is 32.2. The lowest BCUT2D eigenvalue weighted by Crippen LogP contribution is -2.35. The molecule has 2 aliphatic heterocycles. The van der Waals surface area contributed by atoms with Gasteiger partial charge in [0, 0.05) is 36.8 Å². The molecule has 1 N–H and O–H groups in total. The molecule has 2 amide bonds. The number of fused-ring (bicyclic) bond motifs is 3. The lowest BCUT2D eigenvalue weighted by atomic mass is 10.1. The van der Waals surface area contributed by atoms with Crippen LogP contribution in [0.1, 0.15) is 10.4 Å². The summed E-state index contributed by atoms with van der Waals surface area (Å²) in [6.07, 6.45) is 0. The summed E-state index contributed by atoms with van der Waals surface area (Å²) in [4.78, 5) is 28.3. The standard InChI is InChI=1S/C20H20N4O5S2/c1-23(2)18(25)12-29-15-6-4-14(5-7-15)21-19(26)13-3-8-16-17(11-13)30-20-22-31(27,28)10-9-24(16)20/h3-8,11H,9-10,12H2,1-2H3,(H,21,26). The second kappa shape index (κ2) is 8.23. The molecule has 2 aliphatic rings. The van der Waals surface area contributed by atoms with E-state index < -0.39 is 10.0 Å². The van der Waals surface area contributed by atoms with E-state index in [1.807, 2.05) is 4.90 Å². The van der Waals surface area contributed by atoms with Crippen molar-refractivity contribution in [3.8, 4) is 5.75 Å². The maximum atomic E-state index is 12.7. The molecule has 0 saturated heterocycles. The molecule has 0 atom stereocenters. The monoisotopic (exact) mass is 460 g/mol. The lowest BCUT2D eigenvalue weighted by molar-refractivity contribution is -0.130. The molecule has 0 spiro atoms. The van der Waals surface area contributed by atoms with Gasteiger partial charge in [-0.15, -0.1) is 4.40 Å². The van der Waals surface area contributed by atoms with E-state index in [1.165, 1.54) is 16.7 Å². The van der Waals surface area contributed by atoms with Crippen LogP contribution in [0.15, 0.2) is 51.8 Å². The number of sulfonamides is 1. The lowest BCUT2D eigenvalue weighted by Gasteiger charge is -2.22. The second-order valence-corrected chi connectivity index (χ2v) is 9.92. The van der Waals surface area contributed by atoms with Crippen LogP contribution in [-0.4, -0.2) is 63.3 Å². The Labute approximate surface area is 184 Å². The van der Waals surface area contributed by atoms with Crippen molar-refractivity contribution in [1.82, 2.24) is 4.90 Å². The van der Waals surface area contributed by atoms with Crippen molar-refractivity contribution in [3.05, 3.63) is 48.0 Å². The molecule has 2 heterocycles. The molecule has 0 bridgehead atoms. The summed E-state index contributed by atoms with van der Waals surface area (Å²) in [5.41, 5.74) is 1.88. The van der Waals surface area contributed by atoms with Gasteiger partial charge in [0.1, 0.15) is 5.75 Å². The second-order valence-electron chi connectivity index (χ2n) is 7.15. The third-order valence-electron chi connectivity index (χ3n) is 4.71. The van der Waals surface area contributed by atoms with E-state index in [0.717, 1.165) is 10.6 Å². The average molecular weight is 461 g/mol. The summed E-state index contributed by atoms with van der Waals surface area (Å²) in [5, 5.41) is 3.24. The zero-order valence-corrected chi connectivity index (χ0v) is 18.5. The number of rotatable bonds is 5. The van der Waals surface area contributed by atoms with Gasteiger partial charge >= 0.3 is 0 Å². The predicted molar refractivity (Wildman–Crippen MR) is 119 cm³/mol. The average Bonchev–Trinajstić information content (AvgIpc) is 3.08. The Morgan fingerprint density at radius 1 is 1.19 bits per heavy atom. The van der Waals surface area contributed by atoms with Crippen molar-refractivity contribution < 1.29 is 22.7 Å². The Balaban J connectivity index is 1.42. The summed E-state index contributed by atoms with van der Waals surface area (Å²) in [5.74, 6) is 0.0577. The van der Waals surface area contributed by atoms with E-state index in [4.69, 9.17) is 4.74 Å².